The van der Waals surface area contributed by atoms with Gasteiger partial charge in [-0.3, -0.25) is 9.63 Å². The second kappa shape index (κ2) is 4.44. The number of hydrogen-bond acceptors (Lipinski definition) is 2. The highest BCUT2D eigenvalue weighted by atomic mass is 35.5. The molecule has 1 aromatic carbocycles. The zero-order chi connectivity index (χ0) is 11.7. The first kappa shape index (κ1) is 11.4. The number of carbonyl (C=O) groups is 1. The molecule has 3 nitrogen and oxygen atoms in total. The minimum Gasteiger partial charge on any atom is -0.273 e. The van der Waals surface area contributed by atoms with Crippen molar-refractivity contribution in [2.45, 2.75) is 32.4 Å². The van der Waals surface area contributed by atoms with Crippen LogP contribution in [0.4, 0.5) is 0 Å². The van der Waals surface area contributed by atoms with Crippen LogP contribution in [0.25, 0.3) is 0 Å². The molecule has 86 valence electrons. The Morgan fingerprint density at radius 1 is 1.44 bits per heavy atom. The van der Waals surface area contributed by atoms with E-state index in [4.69, 9.17) is 16.4 Å². The summed E-state index contributed by atoms with van der Waals surface area (Å²) in [5.74, 6) is -0.0519. The molecule has 1 saturated heterocycles. The van der Waals surface area contributed by atoms with Gasteiger partial charge in [0.15, 0.2) is 0 Å². The quantitative estimate of drug-likeness (QED) is 0.754. The topological polar surface area (TPSA) is 29.5 Å². The molecule has 2 atom stereocenters. The van der Waals surface area contributed by atoms with Gasteiger partial charge in [-0.15, -0.1) is 0 Å². The summed E-state index contributed by atoms with van der Waals surface area (Å²) in [6, 6.07) is 7.66. The second-order valence-corrected chi connectivity index (χ2v) is 4.51. The van der Waals surface area contributed by atoms with Crippen molar-refractivity contribution in [3.63, 3.8) is 0 Å². The Kier molecular flexibility index (Phi) is 3.17. The number of amides is 1. The van der Waals surface area contributed by atoms with Crippen molar-refractivity contribution in [2.24, 2.45) is 0 Å². The lowest BCUT2D eigenvalue weighted by Gasteiger charge is -2.17. The van der Waals surface area contributed by atoms with Gasteiger partial charge in [0, 0.05) is 18.4 Å². The standard InChI is InChI=1S/C12H14ClNO2/c1-8-7-12(16-14(8)9(2)15)10-3-5-11(13)6-4-10/h3-6,8,12H,7H2,1-2H3. The molecule has 1 amide bonds. The van der Waals surface area contributed by atoms with Crippen molar-refractivity contribution in [2.75, 3.05) is 0 Å². The number of nitrogens with zero attached hydrogens (tertiary/aromatic N) is 1. The van der Waals surface area contributed by atoms with E-state index in [2.05, 4.69) is 0 Å². The molecule has 1 aliphatic heterocycles. The number of rotatable bonds is 1. The van der Waals surface area contributed by atoms with Gasteiger partial charge in [-0.25, -0.2) is 5.06 Å². The molecule has 1 aromatic rings. The maximum atomic E-state index is 11.3. The van der Waals surface area contributed by atoms with Crippen molar-refractivity contribution in [3.05, 3.63) is 34.9 Å². The normalized spacial score (nSPS) is 24.8. The van der Waals surface area contributed by atoms with Gasteiger partial charge in [-0.2, -0.15) is 0 Å². The van der Waals surface area contributed by atoms with Gasteiger partial charge >= 0.3 is 0 Å². The molecule has 0 bridgehead atoms. The van der Waals surface area contributed by atoms with Crippen LogP contribution in [0.1, 0.15) is 31.9 Å². The predicted octanol–water partition coefficient (Wildman–Crippen LogP) is 2.95. The lowest BCUT2D eigenvalue weighted by molar-refractivity contribution is -0.185. The fourth-order valence-corrected chi connectivity index (χ4v) is 2.07. The summed E-state index contributed by atoms with van der Waals surface area (Å²) in [4.78, 5) is 16.9. The number of halogens is 1. The molecule has 0 radical (unpaired) electrons. The molecule has 2 rings (SSSR count). The summed E-state index contributed by atoms with van der Waals surface area (Å²) in [5, 5.41) is 2.15. The summed E-state index contributed by atoms with van der Waals surface area (Å²) in [6.07, 6.45) is 0.775. The molecule has 0 spiro atoms. The summed E-state index contributed by atoms with van der Waals surface area (Å²) in [7, 11) is 0. The zero-order valence-electron chi connectivity index (χ0n) is 9.31. The molecule has 0 aromatic heterocycles. The largest absolute Gasteiger partial charge is 0.273 e. The highest BCUT2D eigenvalue weighted by Crippen LogP contribution is 2.33. The van der Waals surface area contributed by atoms with Crippen molar-refractivity contribution in [3.8, 4) is 0 Å². The van der Waals surface area contributed by atoms with Gasteiger partial charge in [-0.1, -0.05) is 23.7 Å². The van der Waals surface area contributed by atoms with E-state index >= 15 is 0 Å². The van der Waals surface area contributed by atoms with Crippen molar-refractivity contribution in [1.82, 2.24) is 5.06 Å². The smallest absolute Gasteiger partial charge is 0.243 e. The van der Waals surface area contributed by atoms with Crippen LogP contribution in [0.2, 0.25) is 5.02 Å². The van der Waals surface area contributed by atoms with Crippen LogP contribution < -0.4 is 0 Å². The molecule has 0 saturated carbocycles. The van der Waals surface area contributed by atoms with E-state index in [0.29, 0.717) is 5.02 Å². The lowest BCUT2D eigenvalue weighted by Crippen LogP contribution is -2.30. The molecule has 1 aliphatic rings. The van der Waals surface area contributed by atoms with Gasteiger partial charge in [0.2, 0.25) is 5.91 Å². The fraction of sp³-hybridized carbons (Fsp3) is 0.417. The Morgan fingerprint density at radius 3 is 2.56 bits per heavy atom. The monoisotopic (exact) mass is 239 g/mol. The Balaban J connectivity index is 2.13. The predicted molar refractivity (Wildman–Crippen MR) is 61.9 cm³/mol. The molecule has 1 heterocycles. The van der Waals surface area contributed by atoms with Gasteiger partial charge < -0.3 is 0 Å². The average Bonchev–Trinajstić information content (AvgIpc) is 2.61. The molecule has 2 unspecified atom stereocenters. The zero-order valence-corrected chi connectivity index (χ0v) is 10.1. The minimum absolute atomic E-state index is 0.0452. The maximum Gasteiger partial charge on any atom is 0.243 e. The third kappa shape index (κ3) is 2.20. The summed E-state index contributed by atoms with van der Waals surface area (Å²) < 4.78 is 0. The van der Waals surface area contributed by atoms with Crippen LogP contribution in [0.5, 0.6) is 0 Å². The van der Waals surface area contributed by atoms with E-state index in [9.17, 15) is 4.79 Å². The van der Waals surface area contributed by atoms with Crippen LogP contribution in [-0.2, 0) is 9.63 Å². The van der Waals surface area contributed by atoms with Crippen LogP contribution in [-0.4, -0.2) is 17.0 Å². The highest BCUT2D eigenvalue weighted by molar-refractivity contribution is 6.30. The molecular weight excluding hydrogens is 226 g/mol. The summed E-state index contributed by atoms with van der Waals surface area (Å²) in [5.41, 5.74) is 1.06. The van der Waals surface area contributed by atoms with Crippen LogP contribution in [0.15, 0.2) is 24.3 Å². The van der Waals surface area contributed by atoms with E-state index in [1.807, 2.05) is 31.2 Å². The Bertz CT molecular complexity index is 391. The number of benzene rings is 1. The van der Waals surface area contributed by atoms with Gasteiger partial charge in [0.25, 0.3) is 0 Å². The molecule has 0 N–H and O–H groups in total. The molecule has 16 heavy (non-hydrogen) atoms. The van der Waals surface area contributed by atoms with Crippen molar-refractivity contribution < 1.29 is 9.63 Å². The number of hydroxylamine groups is 2. The fourth-order valence-electron chi connectivity index (χ4n) is 1.95. The molecule has 4 heteroatoms. The molecule has 0 aliphatic carbocycles. The third-order valence-corrected chi connectivity index (χ3v) is 3.00. The third-order valence-electron chi connectivity index (χ3n) is 2.75. The van der Waals surface area contributed by atoms with Crippen LogP contribution >= 0.6 is 11.6 Å². The first-order valence-corrected chi connectivity index (χ1v) is 5.68. The molecular formula is C12H14ClNO2. The molecule has 1 fully saturated rings. The van der Waals surface area contributed by atoms with Crippen molar-refractivity contribution >= 4 is 17.5 Å². The number of hydrogen-bond donors (Lipinski definition) is 0. The van der Waals surface area contributed by atoms with E-state index in [-0.39, 0.29) is 18.1 Å². The van der Waals surface area contributed by atoms with E-state index in [1.165, 1.54) is 12.0 Å². The highest BCUT2D eigenvalue weighted by Gasteiger charge is 2.33. The van der Waals surface area contributed by atoms with E-state index in [0.717, 1.165) is 12.0 Å². The first-order valence-electron chi connectivity index (χ1n) is 5.30. The van der Waals surface area contributed by atoms with Crippen molar-refractivity contribution in [1.29, 1.82) is 0 Å². The Labute approximate surface area is 99.9 Å². The van der Waals surface area contributed by atoms with Gasteiger partial charge in [0.1, 0.15) is 6.10 Å². The van der Waals surface area contributed by atoms with Gasteiger partial charge in [-0.05, 0) is 24.6 Å². The number of carbonyl (C=O) groups excluding carboxylic acids is 1. The Hall–Kier alpha value is -1.06. The van der Waals surface area contributed by atoms with E-state index in [1.54, 1.807) is 0 Å². The van der Waals surface area contributed by atoms with Crippen LogP contribution in [0, 0.1) is 0 Å². The first-order chi connectivity index (χ1) is 7.58. The average molecular weight is 240 g/mol. The summed E-state index contributed by atoms with van der Waals surface area (Å²) >= 11 is 5.82. The van der Waals surface area contributed by atoms with Crippen LogP contribution in [0.3, 0.4) is 0 Å². The maximum absolute atomic E-state index is 11.3. The Morgan fingerprint density at radius 2 is 2.06 bits per heavy atom. The minimum atomic E-state index is -0.0519. The second-order valence-electron chi connectivity index (χ2n) is 4.08. The lowest BCUT2D eigenvalue weighted by atomic mass is 10.0. The van der Waals surface area contributed by atoms with Gasteiger partial charge in [0.05, 0.1) is 6.04 Å². The summed E-state index contributed by atoms with van der Waals surface area (Å²) in [6.45, 7) is 3.50. The van der Waals surface area contributed by atoms with E-state index < -0.39 is 0 Å². The SMILES string of the molecule is CC(=O)N1OC(c2ccc(Cl)cc2)CC1C.